The molecule has 104 valence electrons. The van der Waals surface area contributed by atoms with Gasteiger partial charge in [-0.25, -0.2) is 0 Å². The molecule has 0 spiro atoms. The molecular formula is C16H17NO2S. The molecule has 1 heterocycles. The molecule has 0 radical (unpaired) electrons. The number of nitrogens with two attached hydrogens (primary N) is 1. The van der Waals surface area contributed by atoms with E-state index in [1.807, 2.05) is 30.3 Å². The molecule has 0 amide bonds. The summed E-state index contributed by atoms with van der Waals surface area (Å²) in [5, 5.41) is -0.259. The largest absolute Gasteiger partial charge is 0.457 e. The van der Waals surface area contributed by atoms with E-state index >= 15 is 0 Å². The Morgan fingerprint density at radius 3 is 2.85 bits per heavy atom. The van der Waals surface area contributed by atoms with Gasteiger partial charge in [-0.1, -0.05) is 31.5 Å². The van der Waals surface area contributed by atoms with Gasteiger partial charge in [0.2, 0.25) is 5.12 Å². The molecule has 0 saturated carbocycles. The fraction of sp³-hybridized carbons (Fsp3) is 0.188. The normalized spacial score (nSPS) is 11.6. The maximum absolute atomic E-state index is 11.3. The van der Waals surface area contributed by atoms with Crippen molar-refractivity contribution in [1.29, 1.82) is 0 Å². The zero-order valence-corrected chi connectivity index (χ0v) is 12.2. The van der Waals surface area contributed by atoms with Crippen molar-refractivity contribution in [2.24, 2.45) is 5.73 Å². The van der Waals surface area contributed by atoms with Gasteiger partial charge < -0.3 is 10.2 Å². The highest BCUT2D eigenvalue weighted by molar-refractivity contribution is 7.97. The summed E-state index contributed by atoms with van der Waals surface area (Å²) in [4.78, 5) is 11.3. The summed E-state index contributed by atoms with van der Waals surface area (Å²) in [6, 6.07) is 10.9. The summed E-state index contributed by atoms with van der Waals surface area (Å²) in [6.07, 6.45) is 3.68. The Morgan fingerprint density at radius 1 is 1.35 bits per heavy atom. The number of thiol groups is 1. The first-order valence-electron chi connectivity index (χ1n) is 6.49. The molecular weight excluding hydrogens is 270 g/mol. The van der Waals surface area contributed by atoms with Gasteiger partial charge >= 0.3 is 0 Å². The summed E-state index contributed by atoms with van der Waals surface area (Å²) >= 11 is 3.83. The molecule has 3 nitrogen and oxygen atoms in total. The monoisotopic (exact) mass is 287 g/mol. The van der Waals surface area contributed by atoms with Gasteiger partial charge in [0, 0.05) is 16.8 Å². The van der Waals surface area contributed by atoms with Gasteiger partial charge in [0.15, 0.2) is 0 Å². The minimum atomic E-state index is -0.259. The van der Waals surface area contributed by atoms with Crippen molar-refractivity contribution in [3.63, 3.8) is 0 Å². The summed E-state index contributed by atoms with van der Waals surface area (Å²) < 4.78 is 5.73. The summed E-state index contributed by atoms with van der Waals surface area (Å²) in [7, 11) is 0. The molecule has 0 aliphatic rings. The van der Waals surface area contributed by atoms with Crippen LogP contribution in [0.25, 0.3) is 17.4 Å². The average molecular weight is 287 g/mol. The molecule has 2 aromatic rings. The fourth-order valence-electron chi connectivity index (χ4n) is 1.93. The number of carbonyl (C=O) groups is 1. The van der Waals surface area contributed by atoms with E-state index in [0.29, 0.717) is 17.1 Å². The van der Waals surface area contributed by atoms with Crippen LogP contribution in [0, 0.1) is 0 Å². The molecule has 0 unspecified atom stereocenters. The van der Waals surface area contributed by atoms with Crippen LogP contribution in [0.15, 0.2) is 46.5 Å². The molecule has 2 N–H and O–H groups in total. The van der Waals surface area contributed by atoms with Crippen LogP contribution in [-0.4, -0.2) is 5.12 Å². The van der Waals surface area contributed by atoms with E-state index < -0.39 is 0 Å². The van der Waals surface area contributed by atoms with Gasteiger partial charge in [0.25, 0.3) is 0 Å². The second-order valence-electron chi connectivity index (χ2n) is 4.56. The van der Waals surface area contributed by atoms with Crippen molar-refractivity contribution in [1.82, 2.24) is 0 Å². The van der Waals surface area contributed by atoms with Crippen LogP contribution in [0.5, 0.6) is 0 Å². The maximum atomic E-state index is 11.3. The lowest BCUT2D eigenvalue weighted by molar-refractivity contribution is 0.109. The Kier molecular flexibility index (Phi) is 4.69. The fourth-order valence-corrected chi connectivity index (χ4v) is 2.07. The van der Waals surface area contributed by atoms with Crippen molar-refractivity contribution in [2.45, 2.75) is 19.8 Å². The highest BCUT2D eigenvalue weighted by atomic mass is 32.1. The van der Waals surface area contributed by atoms with E-state index in [4.69, 9.17) is 10.2 Å². The van der Waals surface area contributed by atoms with E-state index in [2.05, 4.69) is 19.6 Å². The number of carbonyl (C=O) groups excluding carboxylic acids is 1. The standard InChI is InChI=1S/C16H17NO2S/c1-2-4-13(17)10-14-7-8-15(19-14)11-5-3-6-12(9-11)16(18)20/h3,5-10H,2,4,17H2,1H3,(H,18,20)/b13-10+. The van der Waals surface area contributed by atoms with Crippen molar-refractivity contribution in [2.75, 3.05) is 0 Å². The van der Waals surface area contributed by atoms with E-state index in [0.717, 1.165) is 24.1 Å². The topological polar surface area (TPSA) is 56.2 Å². The molecule has 0 bridgehead atoms. The molecule has 0 aliphatic carbocycles. The Hall–Kier alpha value is -1.94. The van der Waals surface area contributed by atoms with Gasteiger partial charge in [-0.2, -0.15) is 0 Å². The van der Waals surface area contributed by atoms with Crippen molar-refractivity contribution in [3.05, 3.63) is 53.4 Å². The van der Waals surface area contributed by atoms with Gasteiger partial charge in [-0.05, 0) is 30.7 Å². The third-order valence-corrected chi connectivity index (χ3v) is 3.15. The van der Waals surface area contributed by atoms with Crippen LogP contribution >= 0.6 is 12.6 Å². The van der Waals surface area contributed by atoms with Crippen molar-refractivity contribution >= 4 is 23.8 Å². The van der Waals surface area contributed by atoms with Crippen LogP contribution in [0.2, 0.25) is 0 Å². The number of benzene rings is 1. The first kappa shape index (κ1) is 14.5. The number of hydrogen-bond acceptors (Lipinski definition) is 3. The Bertz CT molecular complexity index is 643. The molecule has 0 fully saturated rings. The van der Waals surface area contributed by atoms with Gasteiger partial charge in [0.1, 0.15) is 11.5 Å². The molecule has 20 heavy (non-hydrogen) atoms. The van der Waals surface area contributed by atoms with Crippen LogP contribution < -0.4 is 5.73 Å². The zero-order valence-electron chi connectivity index (χ0n) is 11.3. The smallest absolute Gasteiger partial charge is 0.216 e. The minimum Gasteiger partial charge on any atom is -0.457 e. The highest BCUT2D eigenvalue weighted by Gasteiger charge is 2.07. The number of allylic oxidation sites excluding steroid dienone is 1. The lowest BCUT2D eigenvalue weighted by atomic mass is 10.1. The van der Waals surface area contributed by atoms with E-state index in [1.165, 1.54) is 0 Å². The summed E-state index contributed by atoms with van der Waals surface area (Å²) in [5.74, 6) is 1.42. The van der Waals surface area contributed by atoms with Crippen LogP contribution in [0.1, 0.15) is 35.9 Å². The lowest BCUT2D eigenvalue weighted by Gasteiger charge is -2.00. The third kappa shape index (κ3) is 3.54. The van der Waals surface area contributed by atoms with Crippen LogP contribution in [0.4, 0.5) is 0 Å². The van der Waals surface area contributed by atoms with Crippen LogP contribution in [0.3, 0.4) is 0 Å². The van der Waals surface area contributed by atoms with Crippen molar-refractivity contribution < 1.29 is 9.21 Å². The number of furan rings is 1. The Morgan fingerprint density at radius 2 is 2.15 bits per heavy atom. The highest BCUT2D eigenvalue weighted by Crippen LogP contribution is 2.24. The number of hydrogen-bond donors (Lipinski definition) is 2. The first-order valence-corrected chi connectivity index (χ1v) is 6.94. The van der Waals surface area contributed by atoms with Crippen LogP contribution in [-0.2, 0) is 0 Å². The Labute approximate surface area is 123 Å². The summed E-state index contributed by atoms with van der Waals surface area (Å²) in [5.41, 5.74) is 8.07. The van der Waals surface area contributed by atoms with Crippen molar-refractivity contribution in [3.8, 4) is 11.3 Å². The van der Waals surface area contributed by atoms with E-state index in [1.54, 1.807) is 12.1 Å². The second kappa shape index (κ2) is 6.48. The minimum absolute atomic E-state index is 0.259. The molecule has 0 saturated heterocycles. The third-order valence-electron chi connectivity index (χ3n) is 2.89. The molecule has 1 aromatic carbocycles. The molecule has 4 heteroatoms. The van der Waals surface area contributed by atoms with Gasteiger partial charge in [-0.15, -0.1) is 12.6 Å². The van der Waals surface area contributed by atoms with Gasteiger partial charge in [0.05, 0.1) is 0 Å². The molecule has 0 atom stereocenters. The molecule has 1 aromatic heterocycles. The predicted molar refractivity (Wildman–Crippen MR) is 84.5 cm³/mol. The lowest BCUT2D eigenvalue weighted by Crippen LogP contribution is -1.94. The average Bonchev–Trinajstić information content (AvgIpc) is 2.87. The zero-order chi connectivity index (χ0) is 14.5. The van der Waals surface area contributed by atoms with E-state index in [9.17, 15) is 4.79 Å². The summed E-state index contributed by atoms with van der Waals surface area (Å²) in [6.45, 7) is 2.08. The molecule has 2 rings (SSSR count). The molecule has 0 aliphatic heterocycles. The first-order chi connectivity index (χ1) is 9.60. The quantitative estimate of drug-likeness (QED) is 0.813. The maximum Gasteiger partial charge on any atom is 0.216 e. The SMILES string of the molecule is CCC/C(N)=C\c1ccc(-c2cccc(C(=O)S)c2)o1. The van der Waals surface area contributed by atoms with Gasteiger partial charge in [-0.3, -0.25) is 4.79 Å². The van der Waals surface area contributed by atoms with E-state index in [-0.39, 0.29) is 5.12 Å². The predicted octanol–water partition coefficient (Wildman–Crippen LogP) is 4.12. The Balaban J connectivity index is 2.27. The number of rotatable bonds is 5. The second-order valence-corrected chi connectivity index (χ2v) is 4.96.